The molecule has 1 rings (SSSR count). The molecule has 1 aromatic rings. The first-order valence-electron chi connectivity index (χ1n) is 1.70. The van der Waals surface area contributed by atoms with E-state index in [1.165, 1.54) is 0 Å². The Labute approximate surface area is 87.8 Å². The molecule has 0 saturated carbocycles. The first kappa shape index (κ1) is 16.3. The molecule has 0 aliphatic rings. The van der Waals surface area contributed by atoms with Gasteiger partial charge in [-0.05, 0) is 0 Å². The van der Waals surface area contributed by atoms with Crippen LogP contribution in [-0.2, 0) is 19.5 Å². The fourth-order valence-electron chi connectivity index (χ4n) is 0.253. The van der Waals surface area contributed by atoms with E-state index < -0.39 is 0 Å². The molecule has 0 aliphatic carbocycles. The quantitative estimate of drug-likeness (QED) is 0.447. The fraction of sp³-hybridized carbons (Fsp3) is 0. The zero-order chi connectivity index (χ0) is 4.24. The second-order valence-electron chi connectivity index (χ2n) is 0.894. The SMILES string of the molecule is [Br-].[Br-].[Zn+2].c1cnccn1. The number of halogens is 2. The van der Waals surface area contributed by atoms with Gasteiger partial charge in [0.2, 0.25) is 0 Å². The summed E-state index contributed by atoms with van der Waals surface area (Å²) >= 11 is 0. The van der Waals surface area contributed by atoms with Crippen molar-refractivity contribution in [1.29, 1.82) is 0 Å². The van der Waals surface area contributed by atoms with Crippen LogP contribution in [0.25, 0.3) is 0 Å². The number of nitrogens with zero attached hydrogens (tertiary/aromatic N) is 2. The van der Waals surface area contributed by atoms with Crippen LogP contribution in [0.15, 0.2) is 24.8 Å². The molecule has 1 heterocycles. The number of rotatable bonds is 0. The Kier molecular flexibility index (Phi) is 20.8. The molecule has 0 bridgehead atoms. The summed E-state index contributed by atoms with van der Waals surface area (Å²) in [5, 5.41) is 0. The van der Waals surface area contributed by atoms with Crippen LogP contribution in [0.5, 0.6) is 0 Å². The van der Waals surface area contributed by atoms with E-state index >= 15 is 0 Å². The van der Waals surface area contributed by atoms with E-state index in [9.17, 15) is 0 Å². The molecule has 0 saturated heterocycles. The van der Waals surface area contributed by atoms with Crippen molar-refractivity contribution in [2.24, 2.45) is 0 Å². The summed E-state index contributed by atoms with van der Waals surface area (Å²) in [5.41, 5.74) is 0. The molecule has 0 radical (unpaired) electrons. The zero-order valence-corrected chi connectivity index (χ0v) is 10.8. The van der Waals surface area contributed by atoms with Crippen molar-refractivity contribution in [2.75, 3.05) is 0 Å². The Bertz CT molecular complexity index is 88.5. The zero-order valence-electron chi connectivity index (χ0n) is 4.67. The van der Waals surface area contributed by atoms with Crippen molar-refractivity contribution < 1.29 is 53.4 Å². The summed E-state index contributed by atoms with van der Waals surface area (Å²) in [6.45, 7) is 0. The van der Waals surface area contributed by atoms with Crippen molar-refractivity contribution in [3.8, 4) is 0 Å². The molecular formula is C4H4Br2N2Zn. The largest absolute Gasteiger partial charge is 2.00 e. The Morgan fingerprint density at radius 2 is 0.889 bits per heavy atom. The van der Waals surface area contributed by atoms with Crippen molar-refractivity contribution in [3.63, 3.8) is 0 Å². The molecule has 5 heteroatoms. The van der Waals surface area contributed by atoms with Gasteiger partial charge in [0, 0.05) is 24.8 Å². The minimum atomic E-state index is 0. The molecule has 0 aromatic carbocycles. The standard InChI is InChI=1S/C4H4N2.2BrH.Zn/c1-2-6-4-3-5-1;;;/h1-4H;2*1H;/q;;;+2/p-2. The predicted octanol–water partition coefficient (Wildman–Crippen LogP) is -5.52. The van der Waals surface area contributed by atoms with E-state index in [4.69, 9.17) is 0 Å². The average Bonchev–Trinajstić information content (AvgIpc) is 1.72. The summed E-state index contributed by atoms with van der Waals surface area (Å²) < 4.78 is 0. The van der Waals surface area contributed by atoms with Gasteiger partial charge in [-0.15, -0.1) is 0 Å². The molecule has 46 valence electrons. The van der Waals surface area contributed by atoms with Gasteiger partial charge in [-0.25, -0.2) is 0 Å². The van der Waals surface area contributed by atoms with Crippen LogP contribution >= 0.6 is 0 Å². The molecular weight excluding hydrogens is 301 g/mol. The Hall–Kier alpha value is 0.663. The van der Waals surface area contributed by atoms with E-state index in [2.05, 4.69) is 9.97 Å². The number of hydrogen-bond donors (Lipinski definition) is 0. The van der Waals surface area contributed by atoms with Gasteiger partial charge < -0.3 is 34.0 Å². The maximum Gasteiger partial charge on any atom is 2.00 e. The van der Waals surface area contributed by atoms with Crippen LogP contribution in [0.1, 0.15) is 0 Å². The van der Waals surface area contributed by atoms with E-state index in [-0.39, 0.29) is 53.4 Å². The minimum absolute atomic E-state index is 0. The third-order valence-electron chi connectivity index (χ3n) is 0.478. The first-order valence-corrected chi connectivity index (χ1v) is 1.70. The van der Waals surface area contributed by atoms with Crippen molar-refractivity contribution >= 4 is 0 Å². The van der Waals surface area contributed by atoms with Gasteiger partial charge in [0.05, 0.1) is 0 Å². The second-order valence-corrected chi connectivity index (χ2v) is 0.894. The molecule has 0 N–H and O–H groups in total. The Morgan fingerprint density at radius 3 is 1.00 bits per heavy atom. The maximum absolute atomic E-state index is 3.72. The molecule has 0 spiro atoms. The monoisotopic (exact) mass is 302 g/mol. The summed E-state index contributed by atoms with van der Waals surface area (Å²) in [6, 6.07) is 0. The van der Waals surface area contributed by atoms with Gasteiger partial charge in [-0.1, -0.05) is 0 Å². The normalized spacial score (nSPS) is 5.33. The Balaban J connectivity index is -0.000000120. The molecule has 0 atom stereocenters. The van der Waals surface area contributed by atoms with E-state index in [1.807, 2.05) is 0 Å². The van der Waals surface area contributed by atoms with Crippen molar-refractivity contribution in [3.05, 3.63) is 24.8 Å². The van der Waals surface area contributed by atoms with Crippen molar-refractivity contribution in [2.45, 2.75) is 0 Å². The van der Waals surface area contributed by atoms with Crippen LogP contribution in [0.2, 0.25) is 0 Å². The van der Waals surface area contributed by atoms with Gasteiger partial charge in [-0.2, -0.15) is 0 Å². The molecule has 0 fully saturated rings. The molecule has 9 heavy (non-hydrogen) atoms. The van der Waals surface area contributed by atoms with Crippen molar-refractivity contribution in [1.82, 2.24) is 9.97 Å². The Morgan fingerprint density at radius 1 is 0.667 bits per heavy atom. The molecule has 2 nitrogen and oxygen atoms in total. The second kappa shape index (κ2) is 11.5. The minimum Gasteiger partial charge on any atom is -1.00 e. The average molecular weight is 305 g/mol. The topological polar surface area (TPSA) is 25.8 Å². The van der Waals surface area contributed by atoms with Crippen LogP contribution in [-0.4, -0.2) is 9.97 Å². The summed E-state index contributed by atoms with van der Waals surface area (Å²) in [4.78, 5) is 7.44. The van der Waals surface area contributed by atoms with Crippen LogP contribution in [0.4, 0.5) is 0 Å². The maximum atomic E-state index is 3.72. The van der Waals surface area contributed by atoms with E-state index in [0.29, 0.717) is 0 Å². The number of aromatic nitrogens is 2. The van der Waals surface area contributed by atoms with Crippen LogP contribution < -0.4 is 34.0 Å². The van der Waals surface area contributed by atoms with E-state index in [1.54, 1.807) is 24.8 Å². The van der Waals surface area contributed by atoms with Gasteiger partial charge in [0.25, 0.3) is 0 Å². The molecule has 0 amide bonds. The van der Waals surface area contributed by atoms with Crippen LogP contribution in [0.3, 0.4) is 0 Å². The third-order valence-corrected chi connectivity index (χ3v) is 0.478. The van der Waals surface area contributed by atoms with Gasteiger partial charge in [0.15, 0.2) is 0 Å². The van der Waals surface area contributed by atoms with Crippen LogP contribution in [0, 0.1) is 0 Å². The first-order chi connectivity index (χ1) is 3.00. The fourth-order valence-corrected chi connectivity index (χ4v) is 0.253. The summed E-state index contributed by atoms with van der Waals surface area (Å²) in [6.07, 6.45) is 6.56. The van der Waals surface area contributed by atoms with Gasteiger partial charge in [-0.3, -0.25) is 9.97 Å². The summed E-state index contributed by atoms with van der Waals surface area (Å²) in [7, 11) is 0. The molecule has 0 aliphatic heterocycles. The van der Waals surface area contributed by atoms with E-state index in [0.717, 1.165) is 0 Å². The van der Waals surface area contributed by atoms with Gasteiger partial charge in [0.1, 0.15) is 0 Å². The predicted molar refractivity (Wildman–Crippen MR) is 22.0 cm³/mol. The smallest absolute Gasteiger partial charge is 1.00 e. The summed E-state index contributed by atoms with van der Waals surface area (Å²) in [5.74, 6) is 0. The molecule has 0 unspecified atom stereocenters. The third kappa shape index (κ3) is 8.66. The molecule has 1 aromatic heterocycles. The number of hydrogen-bond acceptors (Lipinski definition) is 2. The van der Waals surface area contributed by atoms with Gasteiger partial charge >= 0.3 is 19.5 Å².